The molecule has 0 radical (unpaired) electrons. The van der Waals surface area contributed by atoms with E-state index in [2.05, 4.69) is 18.2 Å². The van der Waals surface area contributed by atoms with Gasteiger partial charge in [0.15, 0.2) is 0 Å². The molecule has 15 heavy (non-hydrogen) atoms. The molecule has 3 rings (SSSR count). The van der Waals surface area contributed by atoms with Gasteiger partial charge in [-0.15, -0.1) is 0 Å². The van der Waals surface area contributed by atoms with Crippen molar-refractivity contribution in [3.05, 3.63) is 29.8 Å². The predicted octanol–water partition coefficient (Wildman–Crippen LogP) is 3.56. The Kier molecular flexibility index (Phi) is 2.19. The second-order valence-electron chi connectivity index (χ2n) is 5.28. The van der Waals surface area contributed by atoms with Crippen molar-refractivity contribution in [3.8, 4) is 0 Å². The molecule has 1 heteroatoms. The van der Waals surface area contributed by atoms with E-state index in [1.165, 1.54) is 37.7 Å². The van der Waals surface area contributed by atoms with Crippen LogP contribution in [0.4, 0.5) is 5.69 Å². The van der Waals surface area contributed by atoms with Crippen LogP contribution in [0.2, 0.25) is 0 Å². The second kappa shape index (κ2) is 3.55. The summed E-state index contributed by atoms with van der Waals surface area (Å²) in [6.07, 6.45) is 7.23. The van der Waals surface area contributed by atoms with Crippen molar-refractivity contribution in [3.63, 3.8) is 0 Å². The van der Waals surface area contributed by atoms with Gasteiger partial charge in [-0.2, -0.15) is 0 Å². The molecule has 80 valence electrons. The lowest BCUT2D eigenvalue weighted by atomic mass is 9.94. The molecule has 2 unspecified atom stereocenters. The highest BCUT2D eigenvalue weighted by Crippen LogP contribution is 2.49. The highest BCUT2D eigenvalue weighted by Gasteiger charge is 2.36. The smallest absolute Gasteiger partial charge is 0.0316 e. The average molecular weight is 201 g/mol. The van der Waals surface area contributed by atoms with E-state index in [0.717, 1.165) is 23.4 Å². The molecule has 2 aliphatic carbocycles. The molecule has 2 N–H and O–H groups in total. The summed E-state index contributed by atoms with van der Waals surface area (Å²) < 4.78 is 0. The molecule has 0 bridgehead atoms. The van der Waals surface area contributed by atoms with Crippen LogP contribution in [0.3, 0.4) is 0 Å². The quantitative estimate of drug-likeness (QED) is 0.727. The van der Waals surface area contributed by atoms with Crippen molar-refractivity contribution < 1.29 is 0 Å². The van der Waals surface area contributed by atoms with Gasteiger partial charge in [-0.3, -0.25) is 0 Å². The molecule has 0 aromatic heterocycles. The maximum Gasteiger partial charge on any atom is 0.0316 e. The van der Waals surface area contributed by atoms with Gasteiger partial charge in [0.05, 0.1) is 0 Å². The fourth-order valence-electron chi connectivity index (χ4n) is 3.13. The molecule has 0 heterocycles. The minimum Gasteiger partial charge on any atom is -0.399 e. The maximum absolute atomic E-state index is 5.83. The van der Waals surface area contributed by atoms with Gasteiger partial charge in [-0.25, -0.2) is 0 Å². The van der Waals surface area contributed by atoms with Crippen molar-refractivity contribution >= 4 is 5.69 Å². The summed E-state index contributed by atoms with van der Waals surface area (Å²) in [7, 11) is 0. The molecule has 1 aromatic carbocycles. The van der Waals surface area contributed by atoms with E-state index in [1.54, 1.807) is 0 Å². The summed E-state index contributed by atoms with van der Waals surface area (Å²) in [5.41, 5.74) is 8.22. The van der Waals surface area contributed by atoms with Crippen LogP contribution in [0.1, 0.15) is 43.6 Å². The SMILES string of the molecule is Nc1cccc(C2CCC(C3CC3)C2)c1. The monoisotopic (exact) mass is 201 g/mol. The molecular formula is C14H19N. The Morgan fingerprint density at radius 2 is 1.80 bits per heavy atom. The van der Waals surface area contributed by atoms with Gasteiger partial charge in [0.25, 0.3) is 0 Å². The van der Waals surface area contributed by atoms with E-state index in [9.17, 15) is 0 Å². The van der Waals surface area contributed by atoms with E-state index < -0.39 is 0 Å². The lowest BCUT2D eigenvalue weighted by Gasteiger charge is -2.11. The molecule has 0 spiro atoms. The molecule has 0 saturated heterocycles. The molecule has 0 aliphatic heterocycles. The summed E-state index contributed by atoms with van der Waals surface area (Å²) in [6, 6.07) is 8.49. The number of hydrogen-bond donors (Lipinski definition) is 1. The number of nitrogen functional groups attached to an aromatic ring is 1. The Morgan fingerprint density at radius 1 is 1.00 bits per heavy atom. The maximum atomic E-state index is 5.83. The molecular weight excluding hydrogens is 182 g/mol. The van der Waals surface area contributed by atoms with Crippen LogP contribution in [-0.2, 0) is 0 Å². The van der Waals surface area contributed by atoms with E-state index >= 15 is 0 Å². The van der Waals surface area contributed by atoms with Crippen LogP contribution in [0.5, 0.6) is 0 Å². The highest BCUT2D eigenvalue weighted by molar-refractivity contribution is 5.42. The third kappa shape index (κ3) is 1.88. The van der Waals surface area contributed by atoms with Crippen LogP contribution in [0, 0.1) is 11.8 Å². The Hall–Kier alpha value is -0.980. The summed E-state index contributed by atoms with van der Waals surface area (Å²) in [6.45, 7) is 0. The minimum absolute atomic E-state index is 0.791. The van der Waals surface area contributed by atoms with Crippen molar-refractivity contribution in [1.29, 1.82) is 0 Å². The number of rotatable bonds is 2. The zero-order chi connectivity index (χ0) is 10.3. The van der Waals surface area contributed by atoms with Crippen molar-refractivity contribution in [2.24, 2.45) is 11.8 Å². The van der Waals surface area contributed by atoms with Crippen molar-refractivity contribution in [2.45, 2.75) is 38.0 Å². The first-order valence-corrected chi connectivity index (χ1v) is 6.18. The molecule has 2 saturated carbocycles. The van der Waals surface area contributed by atoms with Gasteiger partial charge < -0.3 is 5.73 Å². The predicted molar refractivity (Wildman–Crippen MR) is 63.7 cm³/mol. The Bertz CT molecular complexity index is 354. The number of hydrogen-bond acceptors (Lipinski definition) is 1. The first-order chi connectivity index (χ1) is 7.33. The molecule has 2 aliphatic rings. The molecule has 2 atom stereocenters. The lowest BCUT2D eigenvalue weighted by molar-refractivity contribution is 0.472. The summed E-state index contributed by atoms with van der Waals surface area (Å²) in [4.78, 5) is 0. The van der Waals surface area contributed by atoms with E-state index in [1.807, 2.05) is 6.07 Å². The standard InChI is InChI=1S/C14H19N/c15-14-3-1-2-11(9-14)13-7-6-12(8-13)10-4-5-10/h1-3,9-10,12-13H,4-8,15H2. The highest BCUT2D eigenvalue weighted by atomic mass is 14.5. The van der Waals surface area contributed by atoms with E-state index in [0.29, 0.717) is 0 Å². The molecule has 1 nitrogen and oxygen atoms in total. The summed E-state index contributed by atoms with van der Waals surface area (Å²) >= 11 is 0. The Morgan fingerprint density at radius 3 is 2.53 bits per heavy atom. The average Bonchev–Trinajstić information content (AvgIpc) is 2.97. The number of nitrogens with two attached hydrogens (primary N) is 1. The third-order valence-electron chi connectivity index (χ3n) is 4.14. The van der Waals surface area contributed by atoms with Crippen LogP contribution in [-0.4, -0.2) is 0 Å². The first kappa shape index (κ1) is 9.26. The third-order valence-corrected chi connectivity index (χ3v) is 4.14. The molecule has 1 aromatic rings. The zero-order valence-corrected chi connectivity index (χ0v) is 9.15. The number of benzene rings is 1. The largest absolute Gasteiger partial charge is 0.399 e. The normalized spacial score (nSPS) is 30.7. The summed E-state index contributed by atoms with van der Waals surface area (Å²) in [5.74, 6) is 2.89. The van der Waals surface area contributed by atoms with Gasteiger partial charge in [0.1, 0.15) is 0 Å². The van der Waals surface area contributed by atoms with Gasteiger partial charge in [-0.05, 0) is 67.6 Å². The molecule has 0 amide bonds. The zero-order valence-electron chi connectivity index (χ0n) is 9.15. The Labute approximate surface area is 91.7 Å². The van der Waals surface area contributed by atoms with Crippen LogP contribution in [0.25, 0.3) is 0 Å². The number of anilines is 1. The van der Waals surface area contributed by atoms with Crippen LogP contribution in [0.15, 0.2) is 24.3 Å². The van der Waals surface area contributed by atoms with E-state index in [-0.39, 0.29) is 0 Å². The van der Waals surface area contributed by atoms with Gasteiger partial charge in [0.2, 0.25) is 0 Å². The van der Waals surface area contributed by atoms with Gasteiger partial charge in [-0.1, -0.05) is 12.1 Å². The van der Waals surface area contributed by atoms with Crippen LogP contribution >= 0.6 is 0 Å². The topological polar surface area (TPSA) is 26.0 Å². The Balaban J connectivity index is 1.72. The fourth-order valence-corrected chi connectivity index (χ4v) is 3.13. The fraction of sp³-hybridized carbons (Fsp3) is 0.571. The molecule has 2 fully saturated rings. The summed E-state index contributed by atoms with van der Waals surface area (Å²) in [5, 5.41) is 0. The first-order valence-electron chi connectivity index (χ1n) is 6.18. The van der Waals surface area contributed by atoms with Crippen LogP contribution < -0.4 is 5.73 Å². The van der Waals surface area contributed by atoms with E-state index in [4.69, 9.17) is 5.73 Å². The van der Waals surface area contributed by atoms with Gasteiger partial charge >= 0.3 is 0 Å². The van der Waals surface area contributed by atoms with Gasteiger partial charge in [0, 0.05) is 5.69 Å². The van der Waals surface area contributed by atoms with Crippen molar-refractivity contribution in [1.82, 2.24) is 0 Å². The lowest BCUT2D eigenvalue weighted by Crippen LogP contribution is -1.98. The minimum atomic E-state index is 0.791. The van der Waals surface area contributed by atoms with Crippen molar-refractivity contribution in [2.75, 3.05) is 5.73 Å². The second-order valence-corrected chi connectivity index (χ2v) is 5.28.